The number of nitrogens with one attached hydrogen (secondary N) is 2. The fourth-order valence-electron chi connectivity index (χ4n) is 2.18. The molecule has 0 saturated carbocycles. The minimum atomic E-state index is -4.33. The molecular weight excluding hydrogens is 434 g/mol. The lowest BCUT2D eigenvalue weighted by Crippen LogP contribution is -2.42. The summed E-state index contributed by atoms with van der Waals surface area (Å²) in [5.41, 5.74) is 0.928. The molecule has 0 bridgehead atoms. The number of halogens is 4. The standard InChI is InChI=1S/C16H20F3N3O.HI/c1-20-15(22-13-4-2-3-5-13)21-10-12-6-8-14(9-7-12)23-11-16(17,18)19;/h2-3,6-9,13H,4-5,10-11H2,1H3,(H2,20,21,22);1H. The molecule has 1 aromatic rings. The Labute approximate surface area is 156 Å². The van der Waals surface area contributed by atoms with Crippen LogP contribution in [0.3, 0.4) is 0 Å². The zero-order valence-electron chi connectivity index (χ0n) is 13.3. The van der Waals surface area contributed by atoms with Gasteiger partial charge in [-0.1, -0.05) is 24.3 Å². The number of alkyl halides is 3. The summed E-state index contributed by atoms with van der Waals surface area (Å²) in [7, 11) is 1.70. The summed E-state index contributed by atoms with van der Waals surface area (Å²) in [6.07, 6.45) is 1.89. The maximum Gasteiger partial charge on any atom is 0.422 e. The van der Waals surface area contributed by atoms with Crippen LogP contribution in [-0.4, -0.2) is 31.8 Å². The maximum atomic E-state index is 12.1. The first-order valence-corrected chi connectivity index (χ1v) is 7.37. The minimum Gasteiger partial charge on any atom is -0.484 e. The van der Waals surface area contributed by atoms with Crippen LogP contribution in [0.5, 0.6) is 5.75 Å². The molecule has 0 unspecified atom stereocenters. The van der Waals surface area contributed by atoms with Gasteiger partial charge in [0.25, 0.3) is 0 Å². The van der Waals surface area contributed by atoms with E-state index in [-0.39, 0.29) is 29.7 Å². The molecule has 4 nitrogen and oxygen atoms in total. The van der Waals surface area contributed by atoms with Crippen LogP contribution in [-0.2, 0) is 6.54 Å². The number of aliphatic imine (C=N–C) groups is 1. The van der Waals surface area contributed by atoms with Gasteiger partial charge in [-0.05, 0) is 30.5 Å². The van der Waals surface area contributed by atoms with Gasteiger partial charge in [0, 0.05) is 19.6 Å². The predicted octanol–water partition coefficient (Wildman–Crippen LogP) is 3.63. The van der Waals surface area contributed by atoms with Gasteiger partial charge in [-0.2, -0.15) is 13.2 Å². The van der Waals surface area contributed by atoms with E-state index in [2.05, 4.69) is 32.5 Å². The summed E-state index contributed by atoms with van der Waals surface area (Å²) < 4.78 is 40.9. The van der Waals surface area contributed by atoms with E-state index in [1.165, 1.54) is 12.1 Å². The Kier molecular flexibility index (Phi) is 8.37. The second-order valence-corrected chi connectivity index (χ2v) is 5.26. The molecule has 0 aliphatic heterocycles. The molecule has 0 amide bonds. The second kappa shape index (κ2) is 9.75. The Morgan fingerprint density at radius 3 is 2.38 bits per heavy atom. The monoisotopic (exact) mass is 455 g/mol. The van der Waals surface area contributed by atoms with Crippen molar-refractivity contribution < 1.29 is 17.9 Å². The smallest absolute Gasteiger partial charge is 0.422 e. The van der Waals surface area contributed by atoms with Crippen molar-refractivity contribution in [3.8, 4) is 5.75 Å². The number of nitrogens with zero attached hydrogens (tertiary/aromatic N) is 1. The van der Waals surface area contributed by atoms with Crippen molar-refractivity contribution in [2.24, 2.45) is 4.99 Å². The van der Waals surface area contributed by atoms with E-state index in [0.717, 1.165) is 18.4 Å². The summed E-state index contributed by atoms with van der Waals surface area (Å²) in [6, 6.07) is 6.87. The van der Waals surface area contributed by atoms with E-state index in [1.807, 2.05) is 0 Å². The highest BCUT2D eigenvalue weighted by molar-refractivity contribution is 14.0. The topological polar surface area (TPSA) is 45.7 Å². The normalized spacial score (nSPS) is 15.1. The number of ether oxygens (including phenoxy) is 1. The third kappa shape index (κ3) is 7.41. The first kappa shape index (κ1) is 20.6. The molecule has 2 rings (SSSR count). The minimum absolute atomic E-state index is 0. The molecular formula is C16H21F3IN3O. The average Bonchev–Trinajstić information content (AvgIpc) is 3.02. The summed E-state index contributed by atoms with van der Waals surface area (Å²) >= 11 is 0. The van der Waals surface area contributed by atoms with Crippen molar-refractivity contribution in [3.63, 3.8) is 0 Å². The van der Waals surface area contributed by atoms with Crippen LogP contribution in [0.15, 0.2) is 41.4 Å². The van der Waals surface area contributed by atoms with Crippen LogP contribution in [0, 0.1) is 0 Å². The van der Waals surface area contributed by atoms with Gasteiger partial charge >= 0.3 is 6.18 Å². The number of guanidine groups is 1. The van der Waals surface area contributed by atoms with Crippen molar-refractivity contribution in [1.29, 1.82) is 0 Å². The fourth-order valence-corrected chi connectivity index (χ4v) is 2.18. The molecule has 0 spiro atoms. The molecule has 0 heterocycles. The van der Waals surface area contributed by atoms with Crippen LogP contribution in [0.1, 0.15) is 18.4 Å². The maximum absolute atomic E-state index is 12.1. The van der Waals surface area contributed by atoms with Gasteiger partial charge < -0.3 is 15.4 Å². The number of hydrogen-bond donors (Lipinski definition) is 2. The fraction of sp³-hybridized carbons (Fsp3) is 0.438. The zero-order chi connectivity index (χ0) is 16.7. The van der Waals surface area contributed by atoms with E-state index in [0.29, 0.717) is 18.5 Å². The summed E-state index contributed by atoms with van der Waals surface area (Å²) in [6.45, 7) is -0.754. The molecule has 0 saturated heterocycles. The second-order valence-electron chi connectivity index (χ2n) is 5.26. The first-order chi connectivity index (χ1) is 11.0. The molecule has 1 aromatic carbocycles. The Morgan fingerprint density at radius 2 is 1.83 bits per heavy atom. The molecule has 8 heteroatoms. The average molecular weight is 455 g/mol. The number of hydrogen-bond acceptors (Lipinski definition) is 2. The van der Waals surface area contributed by atoms with Crippen molar-refractivity contribution >= 4 is 29.9 Å². The predicted molar refractivity (Wildman–Crippen MR) is 98.9 cm³/mol. The first-order valence-electron chi connectivity index (χ1n) is 7.37. The molecule has 1 aliphatic rings. The van der Waals surface area contributed by atoms with Crippen LogP contribution in [0.25, 0.3) is 0 Å². The van der Waals surface area contributed by atoms with Gasteiger partial charge in [-0.15, -0.1) is 24.0 Å². The van der Waals surface area contributed by atoms with Crippen LogP contribution in [0.4, 0.5) is 13.2 Å². The third-order valence-corrected chi connectivity index (χ3v) is 3.36. The lowest BCUT2D eigenvalue weighted by atomic mass is 10.2. The Morgan fingerprint density at radius 1 is 1.21 bits per heavy atom. The van der Waals surface area contributed by atoms with E-state index < -0.39 is 12.8 Å². The number of benzene rings is 1. The van der Waals surface area contributed by atoms with Crippen molar-refractivity contribution in [3.05, 3.63) is 42.0 Å². The molecule has 0 atom stereocenters. The van der Waals surface area contributed by atoms with E-state index in [1.54, 1.807) is 19.2 Å². The Balaban J connectivity index is 0.00000288. The Hall–Kier alpha value is -1.45. The van der Waals surface area contributed by atoms with E-state index in [4.69, 9.17) is 0 Å². The molecule has 0 aromatic heterocycles. The van der Waals surface area contributed by atoms with Gasteiger partial charge in [-0.3, -0.25) is 4.99 Å². The highest BCUT2D eigenvalue weighted by Gasteiger charge is 2.28. The SMILES string of the molecule is CN=C(NCc1ccc(OCC(F)(F)F)cc1)NC1CC=CC1.I. The molecule has 134 valence electrons. The highest BCUT2D eigenvalue weighted by atomic mass is 127. The zero-order valence-corrected chi connectivity index (χ0v) is 15.6. The summed E-state index contributed by atoms with van der Waals surface area (Å²) in [5.74, 6) is 0.904. The van der Waals surface area contributed by atoms with Crippen molar-refractivity contribution in [1.82, 2.24) is 10.6 Å². The largest absolute Gasteiger partial charge is 0.484 e. The molecule has 0 radical (unpaired) electrons. The lowest BCUT2D eigenvalue weighted by Gasteiger charge is -2.17. The van der Waals surface area contributed by atoms with Gasteiger partial charge in [0.2, 0.25) is 0 Å². The molecule has 2 N–H and O–H groups in total. The van der Waals surface area contributed by atoms with E-state index in [9.17, 15) is 13.2 Å². The van der Waals surface area contributed by atoms with Gasteiger partial charge in [0.15, 0.2) is 12.6 Å². The third-order valence-electron chi connectivity index (χ3n) is 3.36. The van der Waals surface area contributed by atoms with Crippen LogP contribution < -0.4 is 15.4 Å². The van der Waals surface area contributed by atoms with Gasteiger partial charge in [0.05, 0.1) is 0 Å². The summed E-state index contributed by atoms with van der Waals surface area (Å²) in [4.78, 5) is 4.16. The molecule has 1 aliphatic carbocycles. The van der Waals surface area contributed by atoms with E-state index >= 15 is 0 Å². The van der Waals surface area contributed by atoms with Gasteiger partial charge in [0.1, 0.15) is 5.75 Å². The van der Waals surface area contributed by atoms with Crippen molar-refractivity contribution in [2.45, 2.75) is 31.6 Å². The lowest BCUT2D eigenvalue weighted by molar-refractivity contribution is -0.153. The van der Waals surface area contributed by atoms with Crippen molar-refractivity contribution in [2.75, 3.05) is 13.7 Å². The molecule has 0 fully saturated rings. The highest BCUT2D eigenvalue weighted by Crippen LogP contribution is 2.18. The molecule has 24 heavy (non-hydrogen) atoms. The van der Waals surface area contributed by atoms with Gasteiger partial charge in [-0.25, -0.2) is 0 Å². The summed E-state index contributed by atoms with van der Waals surface area (Å²) in [5, 5.41) is 6.49. The van der Waals surface area contributed by atoms with Crippen LogP contribution in [0.2, 0.25) is 0 Å². The Bertz CT molecular complexity index is 551. The quantitative estimate of drug-likeness (QED) is 0.309. The number of rotatable bonds is 5. The van der Waals surface area contributed by atoms with Crippen LogP contribution >= 0.6 is 24.0 Å².